The Bertz CT molecular complexity index is 1060. The van der Waals surface area contributed by atoms with Gasteiger partial charge in [-0.3, -0.25) is 0 Å². The van der Waals surface area contributed by atoms with Crippen molar-refractivity contribution < 1.29 is 14.6 Å². The van der Waals surface area contributed by atoms with E-state index in [4.69, 9.17) is 17.0 Å². The monoisotopic (exact) mass is 466 g/mol. The average Bonchev–Trinajstić information content (AvgIpc) is 2.72. The Morgan fingerprint density at radius 1 is 1.03 bits per heavy atom. The molecule has 0 aromatic heterocycles. The predicted octanol–water partition coefficient (Wildman–Crippen LogP) is 5.48. The summed E-state index contributed by atoms with van der Waals surface area (Å²) < 4.78 is 5.47. The lowest BCUT2D eigenvalue weighted by atomic mass is 9.77. The molecule has 0 aliphatic carbocycles. The van der Waals surface area contributed by atoms with Crippen molar-refractivity contribution in [2.45, 2.75) is 65.3 Å². The van der Waals surface area contributed by atoms with Crippen LogP contribution in [0.1, 0.15) is 76.8 Å². The highest BCUT2D eigenvalue weighted by Gasteiger charge is 2.35. The molecule has 0 unspecified atom stereocenters. The molecule has 1 aliphatic rings. The van der Waals surface area contributed by atoms with Crippen molar-refractivity contribution in [3.05, 3.63) is 70.3 Å². The number of phenolic OH excluding ortho intramolecular Hbond substituents is 1. The molecule has 176 valence electrons. The van der Waals surface area contributed by atoms with E-state index in [0.717, 1.165) is 22.3 Å². The highest BCUT2D eigenvalue weighted by Crippen LogP contribution is 2.43. The molecule has 1 heterocycles. The molecule has 0 radical (unpaired) electrons. The number of hydrogen-bond acceptors (Lipinski definition) is 4. The van der Waals surface area contributed by atoms with Crippen LogP contribution < -0.4 is 10.6 Å². The number of ether oxygens (including phenoxy) is 1. The zero-order valence-electron chi connectivity index (χ0n) is 20.5. The average molecular weight is 467 g/mol. The van der Waals surface area contributed by atoms with Gasteiger partial charge in [0.15, 0.2) is 5.11 Å². The van der Waals surface area contributed by atoms with Gasteiger partial charge in [-0.15, -0.1) is 0 Å². The third kappa shape index (κ3) is 5.22. The van der Waals surface area contributed by atoms with Gasteiger partial charge >= 0.3 is 5.97 Å². The van der Waals surface area contributed by atoms with Gasteiger partial charge < -0.3 is 20.5 Å². The van der Waals surface area contributed by atoms with E-state index in [1.54, 1.807) is 6.92 Å². The molecular formula is C27H34N2O3S. The first kappa shape index (κ1) is 24.8. The summed E-state index contributed by atoms with van der Waals surface area (Å²) in [7, 11) is 0. The quantitative estimate of drug-likeness (QED) is 0.409. The lowest BCUT2D eigenvalue weighted by Crippen LogP contribution is -2.45. The summed E-state index contributed by atoms with van der Waals surface area (Å²) in [5.41, 5.74) is 3.82. The molecule has 0 saturated heterocycles. The van der Waals surface area contributed by atoms with Crippen LogP contribution in [0.25, 0.3) is 5.70 Å². The first-order chi connectivity index (χ1) is 15.3. The lowest BCUT2D eigenvalue weighted by molar-refractivity contribution is -0.138. The Morgan fingerprint density at radius 3 is 2.06 bits per heavy atom. The van der Waals surface area contributed by atoms with E-state index < -0.39 is 12.0 Å². The second-order valence-electron chi connectivity index (χ2n) is 10.4. The molecule has 0 fully saturated rings. The number of phenols is 1. The van der Waals surface area contributed by atoms with Crippen molar-refractivity contribution in [2.24, 2.45) is 0 Å². The fraction of sp³-hybridized carbons (Fsp3) is 0.407. The first-order valence-corrected chi connectivity index (χ1v) is 11.7. The van der Waals surface area contributed by atoms with Crippen LogP contribution in [0.3, 0.4) is 0 Å². The zero-order chi connectivity index (χ0) is 24.6. The molecule has 5 nitrogen and oxygen atoms in total. The second-order valence-corrected chi connectivity index (χ2v) is 10.8. The normalized spacial score (nSPS) is 16.8. The Morgan fingerprint density at radius 2 is 1.58 bits per heavy atom. The maximum Gasteiger partial charge on any atom is 0.338 e. The summed E-state index contributed by atoms with van der Waals surface area (Å²) in [5.74, 6) is -0.119. The smallest absolute Gasteiger partial charge is 0.338 e. The van der Waals surface area contributed by atoms with Crippen molar-refractivity contribution in [3.63, 3.8) is 0 Å². The number of carbonyl (C=O) groups excluding carboxylic acids is 1. The SMILES string of the molecule is CCOC(=O)C1=C(c2ccccc2)NC(=S)N[C@@H]1c1cc(C(C)(C)C)c(O)c(C(C)(C)C)c1. The molecule has 0 amide bonds. The van der Waals surface area contributed by atoms with Gasteiger partial charge in [-0.1, -0.05) is 71.9 Å². The molecule has 3 rings (SSSR count). The van der Waals surface area contributed by atoms with Crippen LogP contribution in [0, 0.1) is 0 Å². The summed E-state index contributed by atoms with van der Waals surface area (Å²) >= 11 is 5.54. The third-order valence-electron chi connectivity index (χ3n) is 5.71. The van der Waals surface area contributed by atoms with Crippen molar-refractivity contribution in [2.75, 3.05) is 6.61 Å². The third-order valence-corrected chi connectivity index (χ3v) is 5.93. The van der Waals surface area contributed by atoms with Gasteiger partial charge in [0.25, 0.3) is 0 Å². The maximum atomic E-state index is 13.3. The Kier molecular flexibility index (Phi) is 6.89. The van der Waals surface area contributed by atoms with Crippen LogP contribution >= 0.6 is 12.2 Å². The molecule has 6 heteroatoms. The summed E-state index contributed by atoms with van der Waals surface area (Å²) in [6.07, 6.45) is 0. The van der Waals surface area contributed by atoms with Gasteiger partial charge in [0.2, 0.25) is 0 Å². The Hall–Kier alpha value is -2.86. The number of carbonyl (C=O) groups is 1. The molecule has 0 spiro atoms. The number of rotatable bonds is 4. The summed E-state index contributed by atoms with van der Waals surface area (Å²) in [6.45, 7) is 14.4. The topological polar surface area (TPSA) is 70.6 Å². The minimum Gasteiger partial charge on any atom is -0.507 e. The molecule has 0 saturated carbocycles. The maximum absolute atomic E-state index is 13.3. The number of aromatic hydroxyl groups is 1. The number of benzene rings is 2. The van der Waals surface area contributed by atoms with Gasteiger partial charge in [0.05, 0.1) is 23.9 Å². The van der Waals surface area contributed by atoms with E-state index >= 15 is 0 Å². The van der Waals surface area contributed by atoms with Crippen LogP contribution in [0.5, 0.6) is 5.75 Å². The van der Waals surface area contributed by atoms with E-state index in [2.05, 4.69) is 52.2 Å². The van der Waals surface area contributed by atoms with Crippen molar-refractivity contribution in [1.82, 2.24) is 10.6 Å². The molecular weight excluding hydrogens is 432 g/mol. The van der Waals surface area contributed by atoms with Crippen LogP contribution in [-0.4, -0.2) is 22.8 Å². The standard InChI is InChI=1S/C27H34N2O3S/c1-8-32-24(31)20-21(16-12-10-9-11-13-16)28-25(33)29-22(20)17-14-18(26(2,3)4)23(30)19(15-17)27(5,6)7/h9-15,22,30H,8H2,1-7H3,(H2,28,29,33)/t22-/m1/s1. The van der Waals surface area contributed by atoms with Crippen LogP contribution in [0.2, 0.25) is 0 Å². The first-order valence-electron chi connectivity index (χ1n) is 11.3. The van der Waals surface area contributed by atoms with E-state index in [9.17, 15) is 9.90 Å². The predicted molar refractivity (Wildman–Crippen MR) is 137 cm³/mol. The summed E-state index contributed by atoms with van der Waals surface area (Å²) in [4.78, 5) is 13.3. The van der Waals surface area contributed by atoms with Gasteiger partial charge in [-0.05, 0) is 64.4 Å². The minimum atomic E-state index is -0.532. The van der Waals surface area contributed by atoms with Crippen LogP contribution in [0.4, 0.5) is 0 Å². The van der Waals surface area contributed by atoms with Gasteiger partial charge in [0, 0.05) is 0 Å². The van der Waals surface area contributed by atoms with Gasteiger partial charge in [0.1, 0.15) is 5.75 Å². The summed E-state index contributed by atoms with van der Waals surface area (Å²) in [5, 5.41) is 18.0. The fourth-order valence-corrected chi connectivity index (χ4v) is 4.26. The van der Waals surface area contributed by atoms with E-state index in [1.165, 1.54) is 0 Å². The van der Waals surface area contributed by atoms with Crippen LogP contribution in [-0.2, 0) is 20.4 Å². The Labute approximate surface area is 202 Å². The van der Waals surface area contributed by atoms with E-state index in [1.807, 2.05) is 42.5 Å². The van der Waals surface area contributed by atoms with Gasteiger partial charge in [-0.2, -0.15) is 0 Å². The lowest BCUT2D eigenvalue weighted by Gasteiger charge is -2.34. The molecule has 1 atom stereocenters. The number of nitrogens with one attached hydrogen (secondary N) is 2. The highest BCUT2D eigenvalue weighted by atomic mass is 32.1. The van der Waals surface area contributed by atoms with E-state index in [-0.39, 0.29) is 17.4 Å². The zero-order valence-corrected chi connectivity index (χ0v) is 21.3. The Balaban J connectivity index is 2.33. The number of esters is 1. The number of thiocarbonyl (C=S) groups is 1. The van der Waals surface area contributed by atoms with Crippen molar-refractivity contribution >= 4 is 29.0 Å². The molecule has 2 aromatic rings. The highest BCUT2D eigenvalue weighted by molar-refractivity contribution is 7.80. The summed E-state index contributed by atoms with van der Waals surface area (Å²) in [6, 6.07) is 13.0. The van der Waals surface area contributed by atoms with Crippen LogP contribution in [0.15, 0.2) is 48.0 Å². The molecule has 1 aliphatic heterocycles. The minimum absolute atomic E-state index is 0.262. The largest absolute Gasteiger partial charge is 0.507 e. The molecule has 0 bridgehead atoms. The molecule has 33 heavy (non-hydrogen) atoms. The number of hydrogen-bond donors (Lipinski definition) is 3. The molecule has 2 aromatic carbocycles. The van der Waals surface area contributed by atoms with E-state index in [0.29, 0.717) is 22.1 Å². The molecule has 3 N–H and O–H groups in total. The fourth-order valence-electron chi connectivity index (χ4n) is 4.04. The second kappa shape index (κ2) is 9.18. The van der Waals surface area contributed by atoms with Gasteiger partial charge in [-0.25, -0.2) is 4.79 Å². The van der Waals surface area contributed by atoms with Crippen molar-refractivity contribution in [1.29, 1.82) is 0 Å². The van der Waals surface area contributed by atoms with Crippen molar-refractivity contribution in [3.8, 4) is 5.75 Å².